The molecule has 1 rings (SSSR count). The third-order valence-electron chi connectivity index (χ3n) is 2.65. The Kier molecular flexibility index (Phi) is 5.00. The van der Waals surface area contributed by atoms with Gasteiger partial charge in [-0.2, -0.15) is 0 Å². The van der Waals surface area contributed by atoms with Gasteiger partial charge in [-0.25, -0.2) is 9.97 Å². The minimum Gasteiger partial charge on any atom is -0.367 e. The molecule has 0 spiro atoms. The first-order chi connectivity index (χ1) is 7.51. The summed E-state index contributed by atoms with van der Waals surface area (Å²) in [5, 5.41) is 3.84. The third-order valence-corrected chi connectivity index (χ3v) is 2.85. The van der Waals surface area contributed by atoms with Crippen molar-refractivity contribution in [1.82, 2.24) is 9.97 Å². The van der Waals surface area contributed by atoms with Crippen molar-refractivity contribution in [3.63, 3.8) is 0 Å². The standard InChI is InChI=1S/C12H20ClN3/c1-5-8(2)6-9(3)14-12-7-11(13)15-10(4)16-12/h7-9H,5-6H2,1-4H3,(H,14,15,16). The van der Waals surface area contributed by atoms with Crippen LogP contribution in [0.1, 0.15) is 39.4 Å². The van der Waals surface area contributed by atoms with E-state index in [-0.39, 0.29) is 0 Å². The van der Waals surface area contributed by atoms with Crippen molar-refractivity contribution in [2.75, 3.05) is 5.32 Å². The van der Waals surface area contributed by atoms with E-state index in [1.54, 1.807) is 6.07 Å². The van der Waals surface area contributed by atoms with Crippen LogP contribution in [0.3, 0.4) is 0 Å². The molecule has 0 aromatic carbocycles. The lowest BCUT2D eigenvalue weighted by Gasteiger charge is -2.18. The highest BCUT2D eigenvalue weighted by atomic mass is 35.5. The molecule has 2 unspecified atom stereocenters. The lowest BCUT2D eigenvalue weighted by molar-refractivity contribution is 0.483. The van der Waals surface area contributed by atoms with Crippen LogP contribution in [-0.2, 0) is 0 Å². The van der Waals surface area contributed by atoms with Gasteiger partial charge in [-0.3, -0.25) is 0 Å². The highest BCUT2D eigenvalue weighted by molar-refractivity contribution is 6.29. The number of rotatable bonds is 5. The summed E-state index contributed by atoms with van der Waals surface area (Å²) in [6.07, 6.45) is 2.34. The molecule has 1 aromatic rings. The predicted octanol–water partition coefficient (Wildman–Crippen LogP) is 3.68. The van der Waals surface area contributed by atoms with Crippen LogP contribution in [-0.4, -0.2) is 16.0 Å². The van der Waals surface area contributed by atoms with Crippen molar-refractivity contribution in [3.8, 4) is 0 Å². The smallest absolute Gasteiger partial charge is 0.134 e. The third kappa shape index (κ3) is 4.35. The summed E-state index contributed by atoms with van der Waals surface area (Å²) >= 11 is 5.88. The van der Waals surface area contributed by atoms with E-state index >= 15 is 0 Å². The average Bonchev–Trinajstić information content (AvgIpc) is 2.15. The van der Waals surface area contributed by atoms with Crippen LogP contribution in [0.15, 0.2) is 6.07 Å². The summed E-state index contributed by atoms with van der Waals surface area (Å²) in [4.78, 5) is 8.33. The van der Waals surface area contributed by atoms with Gasteiger partial charge in [0.25, 0.3) is 0 Å². The Morgan fingerprint density at radius 3 is 2.62 bits per heavy atom. The first-order valence-corrected chi connectivity index (χ1v) is 6.16. The number of nitrogens with one attached hydrogen (secondary N) is 1. The molecule has 1 N–H and O–H groups in total. The summed E-state index contributed by atoms with van der Waals surface area (Å²) in [6.45, 7) is 8.48. The first kappa shape index (κ1) is 13.2. The summed E-state index contributed by atoms with van der Waals surface area (Å²) in [6, 6.07) is 2.17. The number of hydrogen-bond donors (Lipinski definition) is 1. The van der Waals surface area contributed by atoms with E-state index in [0.717, 1.165) is 18.2 Å². The second kappa shape index (κ2) is 6.04. The largest absolute Gasteiger partial charge is 0.367 e. The fourth-order valence-corrected chi connectivity index (χ4v) is 1.91. The monoisotopic (exact) mass is 241 g/mol. The van der Waals surface area contributed by atoms with Gasteiger partial charge in [0.1, 0.15) is 16.8 Å². The number of halogens is 1. The van der Waals surface area contributed by atoms with Crippen LogP contribution in [0.25, 0.3) is 0 Å². The van der Waals surface area contributed by atoms with E-state index < -0.39 is 0 Å². The molecule has 90 valence electrons. The Labute approximate surface area is 103 Å². The highest BCUT2D eigenvalue weighted by Gasteiger charge is 2.08. The summed E-state index contributed by atoms with van der Waals surface area (Å²) in [5.41, 5.74) is 0. The topological polar surface area (TPSA) is 37.8 Å². The second-order valence-electron chi connectivity index (χ2n) is 4.42. The Morgan fingerprint density at radius 2 is 2.06 bits per heavy atom. The van der Waals surface area contributed by atoms with Crippen molar-refractivity contribution in [1.29, 1.82) is 0 Å². The zero-order chi connectivity index (χ0) is 12.1. The van der Waals surface area contributed by atoms with Crippen molar-refractivity contribution in [2.24, 2.45) is 5.92 Å². The van der Waals surface area contributed by atoms with E-state index in [1.165, 1.54) is 6.42 Å². The molecule has 1 aromatic heterocycles. The van der Waals surface area contributed by atoms with Crippen LogP contribution in [0.2, 0.25) is 5.15 Å². The SMILES string of the molecule is CCC(C)CC(C)Nc1cc(Cl)nc(C)n1. The molecule has 4 heteroatoms. The highest BCUT2D eigenvalue weighted by Crippen LogP contribution is 2.16. The van der Waals surface area contributed by atoms with Gasteiger partial charge >= 0.3 is 0 Å². The predicted molar refractivity (Wildman–Crippen MR) is 68.9 cm³/mol. The Bertz CT molecular complexity index is 321. The number of hydrogen-bond acceptors (Lipinski definition) is 3. The molecule has 0 aliphatic heterocycles. The molecule has 0 radical (unpaired) electrons. The molecule has 0 saturated heterocycles. The molecule has 2 atom stereocenters. The molecule has 1 heterocycles. The summed E-state index contributed by atoms with van der Waals surface area (Å²) in [7, 11) is 0. The van der Waals surface area contributed by atoms with E-state index in [9.17, 15) is 0 Å². The molecule has 16 heavy (non-hydrogen) atoms. The molecule has 0 fully saturated rings. The maximum atomic E-state index is 5.88. The van der Waals surface area contributed by atoms with Crippen molar-refractivity contribution in [2.45, 2.75) is 46.6 Å². The minimum atomic E-state index is 0.403. The van der Waals surface area contributed by atoms with Gasteiger partial charge in [-0.05, 0) is 26.2 Å². The molecule has 0 saturated carbocycles. The van der Waals surface area contributed by atoms with Crippen LogP contribution in [0.4, 0.5) is 5.82 Å². The normalized spacial score (nSPS) is 14.6. The van der Waals surface area contributed by atoms with Gasteiger partial charge in [-0.1, -0.05) is 31.9 Å². The fraction of sp³-hybridized carbons (Fsp3) is 0.667. The van der Waals surface area contributed by atoms with Crippen molar-refractivity contribution >= 4 is 17.4 Å². The van der Waals surface area contributed by atoms with Crippen molar-refractivity contribution in [3.05, 3.63) is 17.0 Å². The fourth-order valence-electron chi connectivity index (χ4n) is 1.69. The summed E-state index contributed by atoms with van der Waals surface area (Å²) in [5.74, 6) is 2.24. The minimum absolute atomic E-state index is 0.403. The average molecular weight is 242 g/mol. The molecular formula is C12H20ClN3. The maximum absolute atomic E-state index is 5.88. The van der Waals surface area contributed by atoms with Crippen LogP contribution >= 0.6 is 11.6 Å². The van der Waals surface area contributed by atoms with Crippen LogP contribution < -0.4 is 5.32 Å². The lowest BCUT2D eigenvalue weighted by Crippen LogP contribution is -2.19. The summed E-state index contributed by atoms with van der Waals surface area (Å²) < 4.78 is 0. The van der Waals surface area contributed by atoms with Crippen molar-refractivity contribution < 1.29 is 0 Å². The quantitative estimate of drug-likeness (QED) is 0.800. The maximum Gasteiger partial charge on any atom is 0.134 e. The lowest BCUT2D eigenvalue weighted by atomic mass is 10.0. The van der Waals surface area contributed by atoms with Gasteiger partial charge in [-0.15, -0.1) is 0 Å². The molecule has 0 aliphatic carbocycles. The number of anilines is 1. The second-order valence-corrected chi connectivity index (χ2v) is 4.80. The van der Waals surface area contributed by atoms with Gasteiger partial charge in [0.15, 0.2) is 0 Å². The Balaban J connectivity index is 2.58. The van der Waals surface area contributed by atoms with Gasteiger partial charge < -0.3 is 5.32 Å². The van der Waals surface area contributed by atoms with Crippen LogP contribution in [0.5, 0.6) is 0 Å². The van der Waals surface area contributed by atoms with Gasteiger partial charge in [0.2, 0.25) is 0 Å². The number of aryl methyl sites for hydroxylation is 1. The van der Waals surface area contributed by atoms with Gasteiger partial charge in [0.05, 0.1) is 0 Å². The van der Waals surface area contributed by atoms with Crippen LogP contribution in [0, 0.1) is 12.8 Å². The van der Waals surface area contributed by atoms with E-state index in [0.29, 0.717) is 17.0 Å². The van der Waals surface area contributed by atoms with Gasteiger partial charge in [0, 0.05) is 12.1 Å². The zero-order valence-corrected chi connectivity index (χ0v) is 11.2. The zero-order valence-electron chi connectivity index (χ0n) is 10.4. The van der Waals surface area contributed by atoms with E-state index in [2.05, 4.69) is 36.1 Å². The molecule has 0 amide bonds. The molecule has 3 nitrogen and oxygen atoms in total. The molecule has 0 bridgehead atoms. The van der Waals surface area contributed by atoms with E-state index in [4.69, 9.17) is 11.6 Å². The Hall–Kier alpha value is -0.830. The molecule has 0 aliphatic rings. The number of nitrogens with zero attached hydrogens (tertiary/aromatic N) is 2. The first-order valence-electron chi connectivity index (χ1n) is 5.79. The number of aromatic nitrogens is 2. The van der Waals surface area contributed by atoms with E-state index in [1.807, 2.05) is 6.92 Å². The Morgan fingerprint density at radius 1 is 1.38 bits per heavy atom. The molecular weight excluding hydrogens is 222 g/mol.